The Balaban J connectivity index is 3.25. The van der Waals surface area contributed by atoms with Gasteiger partial charge in [-0.25, -0.2) is 0 Å². The lowest BCUT2D eigenvalue weighted by molar-refractivity contribution is 1.38. The summed E-state index contributed by atoms with van der Waals surface area (Å²) in [6.07, 6.45) is 0. The van der Waals surface area contributed by atoms with Gasteiger partial charge in [0.2, 0.25) is 0 Å². The van der Waals surface area contributed by atoms with Crippen LogP contribution in [-0.2, 0) is 5.33 Å². The van der Waals surface area contributed by atoms with E-state index in [4.69, 9.17) is 23.2 Å². The molecular formula is C8H7BrCl2. The summed E-state index contributed by atoms with van der Waals surface area (Å²) in [6.45, 7) is 1.94. The van der Waals surface area contributed by atoms with Gasteiger partial charge < -0.3 is 0 Å². The maximum absolute atomic E-state index is 5.94. The Morgan fingerprint density at radius 1 is 1.27 bits per heavy atom. The lowest BCUT2D eigenvalue weighted by Crippen LogP contribution is -1.83. The first kappa shape index (κ1) is 9.37. The second kappa shape index (κ2) is 3.79. The molecule has 0 heterocycles. The van der Waals surface area contributed by atoms with Crippen LogP contribution in [0.25, 0.3) is 0 Å². The van der Waals surface area contributed by atoms with Crippen molar-refractivity contribution in [3.8, 4) is 0 Å². The largest absolute Gasteiger partial charge is 0.0876 e. The Morgan fingerprint density at radius 3 is 2.45 bits per heavy atom. The predicted octanol–water partition coefficient (Wildman–Crippen LogP) is 4.20. The molecule has 0 aliphatic carbocycles. The van der Waals surface area contributed by atoms with Crippen molar-refractivity contribution in [3.63, 3.8) is 0 Å². The van der Waals surface area contributed by atoms with E-state index in [1.54, 1.807) is 0 Å². The first-order valence-corrected chi connectivity index (χ1v) is 5.04. The number of rotatable bonds is 1. The molecule has 0 amide bonds. The highest BCUT2D eigenvalue weighted by Gasteiger charge is 2.05. The highest BCUT2D eigenvalue weighted by molar-refractivity contribution is 9.08. The van der Waals surface area contributed by atoms with Crippen molar-refractivity contribution < 1.29 is 0 Å². The smallest absolute Gasteiger partial charge is 0.0635 e. The molecule has 0 nitrogen and oxygen atoms in total. The van der Waals surface area contributed by atoms with Gasteiger partial charge in [-0.3, -0.25) is 0 Å². The highest BCUT2D eigenvalue weighted by Crippen LogP contribution is 2.29. The number of hydrogen-bond donors (Lipinski definition) is 0. The van der Waals surface area contributed by atoms with Crippen LogP contribution in [-0.4, -0.2) is 0 Å². The van der Waals surface area contributed by atoms with E-state index in [1.165, 1.54) is 0 Å². The van der Waals surface area contributed by atoms with Crippen LogP contribution in [0.3, 0.4) is 0 Å². The Bertz CT molecular complexity index is 271. The number of hydrogen-bond acceptors (Lipinski definition) is 0. The van der Waals surface area contributed by atoms with Gasteiger partial charge in [0.25, 0.3) is 0 Å². The maximum atomic E-state index is 5.94. The van der Waals surface area contributed by atoms with E-state index in [-0.39, 0.29) is 0 Å². The van der Waals surface area contributed by atoms with E-state index in [0.29, 0.717) is 10.0 Å². The standard InChI is InChI=1S/C8H7BrCl2/c1-5-2-3-6(4-9)8(11)7(5)10/h2-3H,4H2,1H3. The molecule has 0 unspecified atom stereocenters. The summed E-state index contributed by atoms with van der Waals surface area (Å²) in [4.78, 5) is 0. The highest BCUT2D eigenvalue weighted by atomic mass is 79.9. The van der Waals surface area contributed by atoms with Gasteiger partial charge >= 0.3 is 0 Å². The van der Waals surface area contributed by atoms with Gasteiger partial charge in [0, 0.05) is 5.33 Å². The zero-order valence-corrected chi connectivity index (χ0v) is 9.09. The van der Waals surface area contributed by atoms with Crippen molar-refractivity contribution in [2.45, 2.75) is 12.3 Å². The van der Waals surface area contributed by atoms with Crippen molar-refractivity contribution in [2.24, 2.45) is 0 Å². The monoisotopic (exact) mass is 252 g/mol. The first-order chi connectivity index (χ1) is 5.16. The van der Waals surface area contributed by atoms with Gasteiger partial charge in [-0.2, -0.15) is 0 Å². The van der Waals surface area contributed by atoms with Gasteiger partial charge in [-0.15, -0.1) is 0 Å². The summed E-state index contributed by atoms with van der Waals surface area (Å²) in [5.74, 6) is 0. The van der Waals surface area contributed by atoms with E-state index >= 15 is 0 Å². The van der Waals surface area contributed by atoms with Gasteiger partial charge in [0.1, 0.15) is 0 Å². The Labute approximate surface area is 84.6 Å². The molecule has 0 aliphatic heterocycles. The van der Waals surface area contributed by atoms with Crippen LogP contribution in [0.4, 0.5) is 0 Å². The van der Waals surface area contributed by atoms with Crippen LogP contribution in [0.1, 0.15) is 11.1 Å². The molecule has 0 radical (unpaired) electrons. The third-order valence-electron chi connectivity index (χ3n) is 1.50. The Hall–Kier alpha value is 0.280. The minimum atomic E-state index is 0.656. The molecule has 0 N–H and O–H groups in total. The molecule has 0 aliphatic rings. The summed E-state index contributed by atoms with van der Waals surface area (Å²) >= 11 is 15.2. The molecule has 0 saturated heterocycles. The molecule has 60 valence electrons. The SMILES string of the molecule is Cc1ccc(CBr)c(Cl)c1Cl. The van der Waals surface area contributed by atoms with Crippen LogP contribution in [0, 0.1) is 6.92 Å². The van der Waals surface area contributed by atoms with Crippen LogP contribution in [0.15, 0.2) is 12.1 Å². The minimum Gasteiger partial charge on any atom is -0.0876 e. The molecule has 11 heavy (non-hydrogen) atoms. The fraction of sp³-hybridized carbons (Fsp3) is 0.250. The number of halogens is 3. The third-order valence-corrected chi connectivity index (χ3v) is 3.12. The molecule has 1 rings (SSSR count). The fourth-order valence-corrected chi connectivity index (χ4v) is 1.88. The molecular weight excluding hydrogens is 247 g/mol. The topological polar surface area (TPSA) is 0 Å². The molecule has 3 heteroatoms. The van der Waals surface area contributed by atoms with Crippen LogP contribution in [0.2, 0.25) is 10.0 Å². The second-order valence-electron chi connectivity index (χ2n) is 2.30. The summed E-state index contributed by atoms with van der Waals surface area (Å²) in [7, 11) is 0. The van der Waals surface area contributed by atoms with Gasteiger partial charge in [0.05, 0.1) is 10.0 Å². The first-order valence-electron chi connectivity index (χ1n) is 3.16. The van der Waals surface area contributed by atoms with E-state index in [1.807, 2.05) is 19.1 Å². The molecule has 0 spiro atoms. The van der Waals surface area contributed by atoms with Gasteiger partial charge in [-0.1, -0.05) is 51.3 Å². The number of alkyl halides is 1. The zero-order chi connectivity index (χ0) is 8.43. The molecule has 0 bridgehead atoms. The van der Waals surface area contributed by atoms with Crippen molar-refractivity contribution in [1.29, 1.82) is 0 Å². The fourth-order valence-electron chi connectivity index (χ4n) is 0.789. The summed E-state index contributed by atoms with van der Waals surface area (Å²) < 4.78 is 0. The summed E-state index contributed by atoms with van der Waals surface area (Å²) in [5.41, 5.74) is 2.05. The third kappa shape index (κ3) is 1.90. The van der Waals surface area contributed by atoms with Gasteiger partial charge in [-0.05, 0) is 18.1 Å². The van der Waals surface area contributed by atoms with Crippen molar-refractivity contribution in [3.05, 3.63) is 33.3 Å². The van der Waals surface area contributed by atoms with E-state index in [2.05, 4.69) is 15.9 Å². The average molecular weight is 254 g/mol. The molecule has 1 aromatic carbocycles. The summed E-state index contributed by atoms with van der Waals surface area (Å²) in [5, 5.41) is 2.05. The van der Waals surface area contributed by atoms with Crippen molar-refractivity contribution in [1.82, 2.24) is 0 Å². The van der Waals surface area contributed by atoms with Crippen LogP contribution >= 0.6 is 39.1 Å². The van der Waals surface area contributed by atoms with Crippen molar-refractivity contribution >= 4 is 39.1 Å². The van der Waals surface area contributed by atoms with E-state index < -0.39 is 0 Å². The minimum absolute atomic E-state index is 0.656. The van der Waals surface area contributed by atoms with Crippen molar-refractivity contribution in [2.75, 3.05) is 0 Å². The lowest BCUT2D eigenvalue weighted by atomic mass is 10.2. The quantitative estimate of drug-likeness (QED) is 0.659. The molecule has 0 atom stereocenters. The molecule has 1 aromatic rings. The lowest BCUT2D eigenvalue weighted by Gasteiger charge is -2.04. The molecule has 0 fully saturated rings. The maximum Gasteiger partial charge on any atom is 0.0635 e. The summed E-state index contributed by atoms with van der Waals surface area (Å²) in [6, 6.07) is 3.93. The normalized spacial score (nSPS) is 10.2. The molecule has 0 saturated carbocycles. The zero-order valence-electron chi connectivity index (χ0n) is 6.00. The van der Waals surface area contributed by atoms with Gasteiger partial charge in [0.15, 0.2) is 0 Å². The number of aryl methyl sites for hydroxylation is 1. The van der Waals surface area contributed by atoms with E-state index in [0.717, 1.165) is 16.5 Å². The average Bonchev–Trinajstić information content (AvgIpc) is 2.01. The number of benzene rings is 1. The van der Waals surface area contributed by atoms with E-state index in [9.17, 15) is 0 Å². The predicted molar refractivity (Wildman–Crippen MR) is 53.8 cm³/mol. The second-order valence-corrected chi connectivity index (χ2v) is 3.62. The van der Waals surface area contributed by atoms with Crippen LogP contribution < -0.4 is 0 Å². The Kier molecular flexibility index (Phi) is 3.23. The molecule has 0 aromatic heterocycles. The Morgan fingerprint density at radius 2 is 1.91 bits per heavy atom. The van der Waals surface area contributed by atoms with Crippen LogP contribution in [0.5, 0.6) is 0 Å².